The fourth-order valence-corrected chi connectivity index (χ4v) is 1.44. The van der Waals surface area contributed by atoms with Crippen LogP contribution in [0.4, 0.5) is 5.69 Å². The molecule has 5 nitrogen and oxygen atoms in total. The summed E-state index contributed by atoms with van der Waals surface area (Å²) < 4.78 is 0.699. The molecule has 0 radical (unpaired) electrons. The lowest BCUT2D eigenvalue weighted by molar-refractivity contribution is -0.385. The molecule has 0 saturated carbocycles. The van der Waals surface area contributed by atoms with Gasteiger partial charge in [0.2, 0.25) is 0 Å². The van der Waals surface area contributed by atoms with E-state index in [0.29, 0.717) is 10.0 Å². The molecule has 0 saturated heterocycles. The van der Waals surface area contributed by atoms with Crippen LogP contribution in [0.2, 0.25) is 0 Å². The van der Waals surface area contributed by atoms with Gasteiger partial charge in [0, 0.05) is 22.5 Å². The van der Waals surface area contributed by atoms with Gasteiger partial charge in [0.1, 0.15) is 0 Å². The molecular weight excluding hydrogens is 262 g/mol. The Bertz CT molecular complexity index is 443. The number of nitrogens with two attached hydrogens (primary N) is 1. The van der Waals surface area contributed by atoms with Gasteiger partial charge in [-0.05, 0) is 18.2 Å². The van der Waals surface area contributed by atoms with Crippen molar-refractivity contribution < 1.29 is 4.92 Å². The summed E-state index contributed by atoms with van der Waals surface area (Å²) in [5.74, 6) is 0. The van der Waals surface area contributed by atoms with Crippen LogP contribution in [-0.2, 0) is 0 Å². The highest BCUT2D eigenvalue weighted by Gasteiger charge is 2.15. The minimum Gasteiger partial charge on any atom is -0.398 e. The lowest BCUT2D eigenvalue weighted by Gasteiger charge is -2.02. The molecule has 0 aliphatic rings. The number of allylic oxidation sites excluding steroid dienone is 1. The molecule has 0 aliphatic carbocycles. The maximum atomic E-state index is 10.7. The third-order valence-electron chi connectivity index (χ3n) is 1.73. The average molecular weight is 270 g/mol. The summed E-state index contributed by atoms with van der Waals surface area (Å²) in [7, 11) is 0. The molecule has 0 bridgehead atoms. The van der Waals surface area contributed by atoms with Crippen molar-refractivity contribution in [2.45, 2.75) is 0 Å². The Morgan fingerprint density at radius 2 is 2.27 bits per heavy atom. The minimum atomic E-state index is -0.508. The highest BCUT2D eigenvalue weighted by Crippen LogP contribution is 2.26. The van der Waals surface area contributed by atoms with Gasteiger partial charge in [-0.15, -0.1) is 0 Å². The highest BCUT2D eigenvalue weighted by molar-refractivity contribution is 9.10. The van der Waals surface area contributed by atoms with E-state index < -0.39 is 4.92 Å². The van der Waals surface area contributed by atoms with Crippen LogP contribution in [0.25, 0.3) is 5.70 Å². The van der Waals surface area contributed by atoms with E-state index in [-0.39, 0.29) is 11.4 Å². The first-order chi connectivity index (χ1) is 7.06. The van der Waals surface area contributed by atoms with Crippen LogP contribution in [0.15, 0.2) is 28.7 Å². The monoisotopic (exact) mass is 269 g/mol. The summed E-state index contributed by atoms with van der Waals surface area (Å²) in [6.07, 6.45) is 2.29. The molecule has 3 N–H and O–H groups in total. The predicted octanol–water partition coefficient (Wildman–Crippen LogP) is 2.31. The molecule has 0 aliphatic heterocycles. The van der Waals surface area contributed by atoms with Gasteiger partial charge in [-0.1, -0.05) is 15.9 Å². The number of nitro groups is 1. The van der Waals surface area contributed by atoms with Crippen molar-refractivity contribution in [2.24, 2.45) is 5.73 Å². The number of benzene rings is 1. The second-order valence-corrected chi connectivity index (χ2v) is 3.62. The second-order valence-electron chi connectivity index (χ2n) is 2.71. The highest BCUT2D eigenvalue weighted by atomic mass is 79.9. The summed E-state index contributed by atoms with van der Waals surface area (Å²) in [5.41, 5.74) is 6.02. The maximum Gasteiger partial charge on any atom is 0.278 e. The Morgan fingerprint density at radius 1 is 1.60 bits per heavy atom. The van der Waals surface area contributed by atoms with Crippen LogP contribution >= 0.6 is 15.9 Å². The number of hydrogen-bond donors (Lipinski definition) is 2. The van der Waals surface area contributed by atoms with Crippen molar-refractivity contribution in [2.75, 3.05) is 0 Å². The van der Waals surface area contributed by atoms with Crippen LogP contribution in [-0.4, -0.2) is 11.1 Å². The van der Waals surface area contributed by atoms with Crippen LogP contribution in [0, 0.1) is 15.5 Å². The fraction of sp³-hybridized carbons (Fsp3) is 0. The molecular formula is C9H8BrN3O2. The van der Waals surface area contributed by atoms with E-state index in [4.69, 9.17) is 11.1 Å². The van der Waals surface area contributed by atoms with Gasteiger partial charge in [0.05, 0.1) is 10.5 Å². The summed E-state index contributed by atoms with van der Waals surface area (Å²) >= 11 is 3.20. The third kappa shape index (κ3) is 2.63. The van der Waals surface area contributed by atoms with Crippen LogP contribution in [0.1, 0.15) is 5.56 Å². The van der Waals surface area contributed by atoms with E-state index in [2.05, 4.69) is 15.9 Å². The number of hydrogen-bond acceptors (Lipinski definition) is 4. The van der Waals surface area contributed by atoms with Crippen molar-refractivity contribution in [3.8, 4) is 0 Å². The quantitative estimate of drug-likeness (QED) is 0.501. The molecule has 15 heavy (non-hydrogen) atoms. The first kappa shape index (κ1) is 11.4. The van der Waals surface area contributed by atoms with Gasteiger partial charge < -0.3 is 11.1 Å². The molecule has 1 aromatic carbocycles. The Balaban J connectivity index is 3.36. The van der Waals surface area contributed by atoms with Gasteiger partial charge in [0.15, 0.2) is 0 Å². The van der Waals surface area contributed by atoms with E-state index in [1.807, 2.05) is 0 Å². The number of rotatable bonds is 3. The number of nitro benzene ring substituents is 1. The summed E-state index contributed by atoms with van der Waals surface area (Å²) in [6.45, 7) is 0. The first-order valence-electron chi connectivity index (χ1n) is 3.97. The van der Waals surface area contributed by atoms with Gasteiger partial charge in [-0.3, -0.25) is 10.1 Å². The lowest BCUT2D eigenvalue weighted by Crippen LogP contribution is -2.01. The topological polar surface area (TPSA) is 93.0 Å². The largest absolute Gasteiger partial charge is 0.398 e. The van der Waals surface area contributed by atoms with Crippen LogP contribution < -0.4 is 5.73 Å². The Hall–Kier alpha value is -1.69. The van der Waals surface area contributed by atoms with E-state index in [9.17, 15) is 10.1 Å². The minimum absolute atomic E-state index is 0.0752. The van der Waals surface area contributed by atoms with E-state index in [0.717, 1.165) is 6.21 Å². The second kappa shape index (κ2) is 4.70. The number of halogens is 1. The zero-order valence-electron chi connectivity index (χ0n) is 7.61. The Morgan fingerprint density at radius 3 is 2.80 bits per heavy atom. The SMILES string of the molecule is N=C/C=C(\N)c1cc(Br)ccc1[N+](=O)[O-]. The zero-order valence-corrected chi connectivity index (χ0v) is 9.19. The Kier molecular flexibility index (Phi) is 3.56. The molecule has 0 fully saturated rings. The van der Waals surface area contributed by atoms with Crippen molar-refractivity contribution >= 4 is 33.5 Å². The predicted molar refractivity (Wildman–Crippen MR) is 61.7 cm³/mol. The zero-order chi connectivity index (χ0) is 11.4. The standard InChI is InChI=1S/C9H8BrN3O2/c10-6-1-2-9(13(14)15)7(5-6)8(12)3-4-11/h1-5,11H,12H2/b8-3-,11-4?. The van der Waals surface area contributed by atoms with Crippen molar-refractivity contribution in [1.82, 2.24) is 0 Å². The molecule has 0 atom stereocenters. The third-order valence-corrected chi connectivity index (χ3v) is 2.22. The Labute approximate surface area is 94.4 Å². The van der Waals surface area contributed by atoms with Gasteiger partial charge >= 0.3 is 0 Å². The normalized spacial score (nSPS) is 11.1. The molecule has 1 rings (SSSR count). The van der Waals surface area contributed by atoms with Crippen LogP contribution in [0.3, 0.4) is 0 Å². The van der Waals surface area contributed by atoms with Crippen LogP contribution in [0.5, 0.6) is 0 Å². The van der Waals surface area contributed by atoms with Gasteiger partial charge in [0.25, 0.3) is 5.69 Å². The number of nitrogens with zero attached hydrogens (tertiary/aromatic N) is 1. The average Bonchev–Trinajstić information content (AvgIpc) is 2.17. The first-order valence-corrected chi connectivity index (χ1v) is 4.76. The summed E-state index contributed by atoms with van der Waals surface area (Å²) in [4.78, 5) is 10.2. The molecule has 1 aromatic rings. The summed E-state index contributed by atoms with van der Waals surface area (Å²) in [6, 6.07) is 4.48. The molecule has 78 valence electrons. The molecule has 6 heteroatoms. The van der Waals surface area contributed by atoms with Crippen molar-refractivity contribution in [3.63, 3.8) is 0 Å². The maximum absolute atomic E-state index is 10.7. The molecule has 0 heterocycles. The molecule has 0 unspecified atom stereocenters. The molecule has 0 aromatic heterocycles. The summed E-state index contributed by atoms with van der Waals surface area (Å²) in [5, 5.41) is 17.5. The van der Waals surface area contributed by atoms with E-state index in [1.54, 1.807) is 12.1 Å². The number of nitrogens with one attached hydrogen (secondary N) is 1. The van der Waals surface area contributed by atoms with E-state index >= 15 is 0 Å². The fourth-order valence-electron chi connectivity index (χ4n) is 1.08. The molecule has 0 amide bonds. The lowest BCUT2D eigenvalue weighted by atomic mass is 10.1. The molecule has 0 spiro atoms. The van der Waals surface area contributed by atoms with Gasteiger partial charge in [-0.2, -0.15) is 0 Å². The van der Waals surface area contributed by atoms with Crippen molar-refractivity contribution in [3.05, 3.63) is 44.4 Å². The van der Waals surface area contributed by atoms with E-state index in [1.165, 1.54) is 12.1 Å². The van der Waals surface area contributed by atoms with Gasteiger partial charge in [-0.25, -0.2) is 0 Å². The smallest absolute Gasteiger partial charge is 0.278 e. The van der Waals surface area contributed by atoms with Crippen molar-refractivity contribution in [1.29, 1.82) is 5.41 Å².